The van der Waals surface area contributed by atoms with Crippen LogP contribution in [0.5, 0.6) is 0 Å². The maximum atomic E-state index is 5.61. The van der Waals surface area contributed by atoms with Crippen molar-refractivity contribution in [2.45, 2.75) is 38.5 Å². The monoisotopic (exact) mass is 766 g/mol. The van der Waals surface area contributed by atoms with Crippen LogP contribution in [0.2, 0.25) is 0 Å². The summed E-state index contributed by atoms with van der Waals surface area (Å²) in [6.45, 7) is 9.42. The van der Waals surface area contributed by atoms with Crippen LogP contribution in [-0.4, -0.2) is 9.97 Å². The van der Waals surface area contributed by atoms with E-state index in [2.05, 4.69) is 210 Å². The summed E-state index contributed by atoms with van der Waals surface area (Å²) >= 11 is 0. The Labute approximate surface area is 350 Å². The molecule has 0 unspecified atom stereocenters. The minimum atomic E-state index is -0.109. The first kappa shape index (κ1) is 34.8. The van der Waals surface area contributed by atoms with E-state index in [0.717, 1.165) is 60.8 Å². The quantitative estimate of drug-likeness (QED) is 0.167. The molecule has 0 saturated carbocycles. The summed E-state index contributed by atoms with van der Waals surface area (Å²) in [5, 5.41) is 4.65. The Bertz CT molecular complexity index is 3420. The second-order valence-corrected chi connectivity index (χ2v) is 17.7. The highest BCUT2D eigenvalue weighted by atomic mass is 14.7. The average molecular weight is 767 g/mol. The Hall–Kier alpha value is -7.16. The van der Waals surface area contributed by atoms with Gasteiger partial charge in [0.2, 0.25) is 0 Å². The van der Waals surface area contributed by atoms with Gasteiger partial charge in [0, 0.05) is 38.1 Å². The van der Waals surface area contributed by atoms with Crippen LogP contribution in [0.3, 0.4) is 0 Å². The number of rotatable bonds is 4. The molecular formula is C58H42N2. The zero-order valence-electron chi connectivity index (χ0n) is 34.2. The van der Waals surface area contributed by atoms with Crippen LogP contribution in [0.25, 0.3) is 99.6 Å². The van der Waals surface area contributed by atoms with E-state index in [4.69, 9.17) is 9.97 Å². The lowest BCUT2D eigenvalue weighted by molar-refractivity contribution is 0.660. The predicted octanol–water partition coefficient (Wildman–Crippen LogP) is 15.2. The first-order valence-electron chi connectivity index (χ1n) is 21.1. The van der Waals surface area contributed by atoms with E-state index in [-0.39, 0.29) is 10.8 Å². The summed E-state index contributed by atoms with van der Waals surface area (Å²) in [7, 11) is 0. The number of nitrogens with zero attached hydrogens (tertiary/aromatic N) is 2. The summed E-state index contributed by atoms with van der Waals surface area (Å²) in [6, 6.07) is 66.9. The van der Waals surface area contributed by atoms with Crippen LogP contribution < -0.4 is 0 Å². The Morgan fingerprint density at radius 1 is 0.317 bits per heavy atom. The fourth-order valence-corrected chi connectivity index (χ4v) is 10.5. The van der Waals surface area contributed by atoms with Gasteiger partial charge in [0.25, 0.3) is 0 Å². The molecule has 60 heavy (non-hydrogen) atoms. The Balaban J connectivity index is 1.07. The highest BCUT2D eigenvalue weighted by Gasteiger charge is 2.36. The summed E-state index contributed by atoms with van der Waals surface area (Å²) in [5.74, 6) is 0. The van der Waals surface area contributed by atoms with E-state index in [1.807, 2.05) is 0 Å². The summed E-state index contributed by atoms with van der Waals surface area (Å²) in [4.78, 5) is 10.6. The van der Waals surface area contributed by atoms with Gasteiger partial charge >= 0.3 is 0 Å². The molecule has 2 nitrogen and oxygen atoms in total. The molecule has 2 aromatic heterocycles. The molecule has 2 aliphatic carbocycles. The van der Waals surface area contributed by atoms with Gasteiger partial charge in [-0.25, -0.2) is 9.97 Å². The fraction of sp³-hybridized carbons (Fsp3) is 0.103. The first-order chi connectivity index (χ1) is 29.2. The Morgan fingerprint density at radius 3 is 1.57 bits per heavy atom. The number of hydrogen-bond acceptors (Lipinski definition) is 2. The van der Waals surface area contributed by atoms with E-state index in [1.165, 1.54) is 61.0 Å². The minimum Gasteiger partial charge on any atom is -0.248 e. The van der Waals surface area contributed by atoms with Crippen molar-refractivity contribution in [3.63, 3.8) is 0 Å². The zero-order chi connectivity index (χ0) is 40.3. The molecule has 0 aliphatic heterocycles. The summed E-state index contributed by atoms with van der Waals surface area (Å²) in [6.07, 6.45) is 0. The van der Waals surface area contributed by atoms with Gasteiger partial charge < -0.3 is 0 Å². The van der Waals surface area contributed by atoms with Gasteiger partial charge in [-0.1, -0.05) is 173 Å². The molecule has 0 fully saturated rings. The van der Waals surface area contributed by atoms with Crippen molar-refractivity contribution in [1.29, 1.82) is 0 Å². The van der Waals surface area contributed by atoms with Gasteiger partial charge in [-0.2, -0.15) is 0 Å². The maximum Gasteiger partial charge on any atom is 0.0794 e. The SMILES string of the molecule is CC1(C)c2ccccc2-c2ccc(-c3cc(-c4ccc(-c5ccc6ccccc6n5)cc4)c4cc(-c5ccc6c(c5)C(C)(C)c5ccccc5-6)c5ccccc5c4n3)cc21. The van der Waals surface area contributed by atoms with Crippen molar-refractivity contribution >= 4 is 32.6 Å². The molecule has 2 aliphatic rings. The summed E-state index contributed by atoms with van der Waals surface area (Å²) < 4.78 is 0. The number of para-hydroxylation sites is 1. The predicted molar refractivity (Wildman–Crippen MR) is 251 cm³/mol. The van der Waals surface area contributed by atoms with E-state index in [9.17, 15) is 0 Å². The van der Waals surface area contributed by atoms with Crippen molar-refractivity contribution in [2.75, 3.05) is 0 Å². The number of aromatic nitrogens is 2. The Morgan fingerprint density at radius 2 is 0.850 bits per heavy atom. The molecule has 0 spiro atoms. The highest BCUT2D eigenvalue weighted by molar-refractivity contribution is 6.16. The molecule has 0 amide bonds. The second kappa shape index (κ2) is 12.7. The van der Waals surface area contributed by atoms with Crippen molar-refractivity contribution in [3.05, 3.63) is 204 Å². The van der Waals surface area contributed by atoms with E-state index in [1.54, 1.807) is 0 Å². The van der Waals surface area contributed by atoms with Crippen LogP contribution in [0.15, 0.2) is 182 Å². The van der Waals surface area contributed by atoms with Gasteiger partial charge in [0.05, 0.1) is 22.4 Å². The number of pyridine rings is 2. The molecule has 0 atom stereocenters. The van der Waals surface area contributed by atoms with Gasteiger partial charge in [-0.15, -0.1) is 0 Å². The van der Waals surface area contributed by atoms with Crippen LogP contribution >= 0.6 is 0 Å². The molecule has 0 bridgehead atoms. The Kier molecular flexibility index (Phi) is 7.36. The number of fused-ring (bicyclic) bond motifs is 10. The van der Waals surface area contributed by atoms with Crippen LogP contribution in [0.1, 0.15) is 49.9 Å². The average Bonchev–Trinajstić information content (AvgIpc) is 3.67. The molecular weight excluding hydrogens is 725 g/mol. The fourth-order valence-electron chi connectivity index (χ4n) is 10.5. The standard InChI is InChI=1S/C58H42N2/c1-57(2)49-18-10-8-15-41(49)43-28-25-38(31-51(43)57)46-33-48-47(35-21-23-37(24-22-35)54-30-27-36-13-5-12-20-53(36)59-54)34-55(60-56(48)45-17-7-6-14-40(45)46)39-26-29-44-42-16-9-11-19-50(42)58(3,4)52(44)32-39/h5-34H,1-4H3. The third-order valence-electron chi connectivity index (χ3n) is 13.7. The second-order valence-electron chi connectivity index (χ2n) is 17.7. The molecule has 0 radical (unpaired) electrons. The maximum absolute atomic E-state index is 5.61. The third kappa shape index (κ3) is 5.07. The van der Waals surface area contributed by atoms with E-state index in [0.29, 0.717) is 0 Å². The molecule has 12 rings (SSSR count). The van der Waals surface area contributed by atoms with Crippen molar-refractivity contribution in [3.8, 4) is 67.0 Å². The van der Waals surface area contributed by atoms with Gasteiger partial charge in [0.1, 0.15) is 0 Å². The zero-order valence-corrected chi connectivity index (χ0v) is 34.2. The number of benzene rings is 8. The van der Waals surface area contributed by atoms with E-state index >= 15 is 0 Å². The lowest BCUT2D eigenvalue weighted by Crippen LogP contribution is -2.15. The van der Waals surface area contributed by atoms with Gasteiger partial charge in [-0.05, 0) is 109 Å². The first-order valence-corrected chi connectivity index (χ1v) is 21.1. The van der Waals surface area contributed by atoms with E-state index < -0.39 is 0 Å². The smallest absolute Gasteiger partial charge is 0.0794 e. The van der Waals surface area contributed by atoms with Crippen LogP contribution in [0.4, 0.5) is 0 Å². The minimum absolute atomic E-state index is 0.0936. The van der Waals surface area contributed by atoms with Crippen LogP contribution in [-0.2, 0) is 10.8 Å². The molecule has 10 aromatic rings. The largest absolute Gasteiger partial charge is 0.248 e. The number of hydrogen-bond donors (Lipinski definition) is 0. The molecule has 2 heteroatoms. The lowest BCUT2D eigenvalue weighted by Gasteiger charge is -2.22. The molecule has 0 N–H and O–H groups in total. The van der Waals surface area contributed by atoms with Gasteiger partial charge in [-0.3, -0.25) is 0 Å². The molecule has 284 valence electrons. The van der Waals surface area contributed by atoms with Crippen molar-refractivity contribution < 1.29 is 0 Å². The third-order valence-corrected chi connectivity index (χ3v) is 13.7. The molecule has 8 aromatic carbocycles. The molecule has 2 heterocycles. The normalized spacial score (nSPS) is 14.3. The highest BCUT2D eigenvalue weighted by Crippen LogP contribution is 2.52. The topological polar surface area (TPSA) is 25.8 Å². The van der Waals surface area contributed by atoms with Crippen LogP contribution in [0, 0.1) is 0 Å². The van der Waals surface area contributed by atoms with Gasteiger partial charge in [0.15, 0.2) is 0 Å². The molecule has 0 saturated heterocycles. The lowest BCUT2D eigenvalue weighted by atomic mass is 9.81. The summed E-state index contributed by atoms with van der Waals surface area (Å²) in [5.41, 5.74) is 21.5. The van der Waals surface area contributed by atoms with Crippen molar-refractivity contribution in [2.24, 2.45) is 0 Å². The van der Waals surface area contributed by atoms with Crippen molar-refractivity contribution in [1.82, 2.24) is 9.97 Å².